The Bertz CT molecular complexity index is 445. The summed E-state index contributed by atoms with van der Waals surface area (Å²) >= 11 is 5.91. The summed E-state index contributed by atoms with van der Waals surface area (Å²) in [5.74, 6) is -0.357. The van der Waals surface area contributed by atoms with Crippen LogP contribution in [0.1, 0.15) is 49.4 Å². The first-order valence-corrected chi connectivity index (χ1v) is 7.17. The van der Waals surface area contributed by atoms with Crippen molar-refractivity contribution in [2.75, 3.05) is 11.9 Å². The minimum atomic E-state index is -0.357. The Balaban J connectivity index is 2.16. The third-order valence-corrected chi connectivity index (χ3v) is 3.54. The number of aromatic nitrogens is 1. The van der Waals surface area contributed by atoms with Gasteiger partial charge in [-0.1, -0.05) is 30.9 Å². The van der Waals surface area contributed by atoms with Gasteiger partial charge in [0.2, 0.25) is 0 Å². The molecule has 1 aliphatic carbocycles. The fraction of sp³-hybridized carbons (Fsp3) is 0.571. The standard InChI is InChI=1S/C14H19ClN2O2/c1-2-19-14(18)11-9-16-13(15)8-12(11)17-10-6-4-3-5-7-10/h8-10H,2-7H2,1H3,(H,16,17). The summed E-state index contributed by atoms with van der Waals surface area (Å²) in [5.41, 5.74) is 1.18. The van der Waals surface area contributed by atoms with E-state index in [0.29, 0.717) is 23.4 Å². The van der Waals surface area contributed by atoms with Crippen LogP contribution in [0.15, 0.2) is 12.3 Å². The molecule has 1 aromatic heterocycles. The molecule has 0 saturated heterocycles. The van der Waals surface area contributed by atoms with E-state index < -0.39 is 0 Å². The third-order valence-electron chi connectivity index (χ3n) is 3.33. The summed E-state index contributed by atoms with van der Waals surface area (Å²) in [7, 11) is 0. The van der Waals surface area contributed by atoms with Crippen LogP contribution in [0.4, 0.5) is 5.69 Å². The van der Waals surface area contributed by atoms with E-state index >= 15 is 0 Å². The number of nitrogens with zero attached hydrogens (tertiary/aromatic N) is 1. The normalized spacial score (nSPS) is 16.1. The second-order valence-corrected chi connectivity index (χ2v) is 5.14. The van der Waals surface area contributed by atoms with E-state index in [1.165, 1.54) is 25.5 Å². The molecule has 0 aliphatic heterocycles. The zero-order valence-corrected chi connectivity index (χ0v) is 11.9. The van der Waals surface area contributed by atoms with Crippen molar-refractivity contribution in [1.82, 2.24) is 4.98 Å². The monoisotopic (exact) mass is 282 g/mol. The van der Waals surface area contributed by atoms with Crippen LogP contribution in [0.5, 0.6) is 0 Å². The maximum atomic E-state index is 11.9. The lowest BCUT2D eigenvalue weighted by atomic mass is 9.95. The first-order valence-electron chi connectivity index (χ1n) is 6.80. The lowest BCUT2D eigenvalue weighted by Crippen LogP contribution is -2.24. The molecule has 0 bridgehead atoms. The van der Waals surface area contributed by atoms with Gasteiger partial charge in [-0.2, -0.15) is 0 Å². The quantitative estimate of drug-likeness (QED) is 0.676. The van der Waals surface area contributed by atoms with Crippen LogP contribution in [0.3, 0.4) is 0 Å². The Kier molecular flexibility index (Phi) is 5.02. The molecule has 0 unspecified atom stereocenters. The zero-order chi connectivity index (χ0) is 13.7. The molecule has 0 aromatic carbocycles. The molecule has 1 fully saturated rings. The highest BCUT2D eigenvalue weighted by Crippen LogP contribution is 2.25. The van der Waals surface area contributed by atoms with Crippen molar-refractivity contribution in [1.29, 1.82) is 0 Å². The molecular weight excluding hydrogens is 264 g/mol. The first-order chi connectivity index (χ1) is 9.20. The summed E-state index contributed by atoms with van der Waals surface area (Å²) in [6.07, 6.45) is 7.48. The predicted molar refractivity (Wildman–Crippen MR) is 75.7 cm³/mol. The van der Waals surface area contributed by atoms with Crippen molar-refractivity contribution in [3.05, 3.63) is 23.0 Å². The van der Waals surface area contributed by atoms with E-state index in [0.717, 1.165) is 18.5 Å². The molecule has 1 N–H and O–H groups in total. The van der Waals surface area contributed by atoms with Crippen molar-refractivity contribution in [3.63, 3.8) is 0 Å². The van der Waals surface area contributed by atoms with Gasteiger partial charge in [0.1, 0.15) is 10.7 Å². The number of halogens is 1. The van der Waals surface area contributed by atoms with Crippen molar-refractivity contribution < 1.29 is 9.53 Å². The summed E-state index contributed by atoms with van der Waals surface area (Å²) in [6.45, 7) is 2.14. The third kappa shape index (κ3) is 3.83. The van der Waals surface area contributed by atoms with Gasteiger partial charge in [-0.3, -0.25) is 0 Å². The van der Waals surface area contributed by atoms with Crippen LogP contribution < -0.4 is 5.32 Å². The fourth-order valence-electron chi connectivity index (χ4n) is 2.39. The number of carbonyl (C=O) groups excluding carboxylic acids is 1. The van der Waals surface area contributed by atoms with E-state index in [9.17, 15) is 4.79 Å². The number of hydrogen-bond acceptors (Lipinski definition) is 4. The Morgan fingerprint density at radius 1 is 1.47 bits per heavy atom. The number of carbonyl (C=O) groups is 1. The van der Waals surface area contributed by atoms with Gasteiger partial charge in [0.15, 0.2) is 0 Å². The number of pyridine rings is 1. The largest absolute Gasteiger partial charge is 0.462 e. The topological polar surface area (TPSA) is 51.2 Å². The molecule has 0 atom stereocenters. The summed E-state index contributed by atoms with van der Waals surface area (Å²) < 4.78 is 5.04. The predicted octanol–water partition coefficient (Wildman–Crippen LogP) is 3.66. The summed E-state index contributed by atoms with van der Waals surface area (Å²) in [6, 6.07) is 2.10. The molecule has 5 heteroatoms. The molecule has 1 saturated carbocycles. The fourth-order valence-corrected chi connectivity index (χ4v) is 2.55. The molecular formula is C14H19ClN2O2. The van der Waals surface area contributed by atoms with Gasteiger partial charge in [0, 0.05) is 12.2 Å². The second kappa shape index (κ2) is 6.75. The van der Waals surface area contributed by atoms with Crippen molar-refractivity contribution in [2.24, 2.45) is 0 Å². The minimum absolute atomic E-state index is 0.352. The molecule has 2 rings (SSSR count). The smallest absolute Gasteiger partial charge is 0.341 e. The molecule has 0 radical (unpaired) electrons. The summed E-state index contributed by atoms with van der Waals surface area (Å²) in [4.78, 5) is 15.8. The highest BCUT2D eigenvalue weighted by Gasteiger charge is 2.18. The number of esters is 1. The van der Waals surface area contributed by atoms with E-state index in [-0.39, 0.29) is 5.97 Å². The molecule has 1 aromatic rings. The molecule has 0 spiro atoms. The first kappa shape index (κ1) is 14.1. The lowest BCUT2D eigenvalue weighted by Gasteiger charge is -2.24. The Labute approximate surface area is 118 Å². The maximum Gasteiger partial charge on any atom is 0.341 e. The Morgan fingerprint density at radius 3 is 2.89 bits per heavy atom. The SMILES string of the molecule is CCOC(=O)c1cnc(Cl)cc1NC1CCCCC1. The van der Waals surface area contributed by atoms with Crippen LogP contribution in [-0.4, -0.2) is 23.6 Å². The highest BCUT2D eigenvalue weighted by atomic mass is 35.5. The van der Waals surface area contributed by atoms with Crippen molar-refractivity contribution >= 4 is 23.3 Å². The lowest BCUT2D eigenvalue weighted by molar-refractivity contribution is 0.0527. The number of nitrogens with one attached hydrogen (secondary N) is 1. The van der Waals surface area contributed by atoms with Gasteiger partial charge in [-0.15, -0.1) is 0 Å². The average molecular weight is 283 g/mol. The number of ether oxygens (including phenoxy) is 1. The highest BCUT2D eigenvalue weighted by molar-refractivity contribution is 6.29. The molecule has 1 aliphatic rings. The zero-order valence-electron chi connectivity index (χ0n) is 11.1. The molecule has 104 valence electrons. The van der Waals surface area contributed by atoms with Gasteiger partial charge in [-0.25, -0.2) is 9.78 Å². The average Bonchev–Trinajstić information content (AvgIpc) is 2.40. The summed E-state index contributed by atoms with van der Waals surface area (Å²) in [5, 5.41) is 3.79. The van der Waals surface area contributed by atoms with Gasteiger partial charge in [0.25, 0.3) is 0 Å². The molecule has 4 nitrogen and oxygen atoms in total. The number of hydrogen-bond donors (Lipinski definition) is 1. The second-order valence-electron chi connectivity index (χ2n) is 4.75. The minimum Gasteiger partial charge on any atom is -0.462 e. The van der Waals surface area contributed by atoms with Crippen molar-refractivity contribution in [2.45, 2.75) is 45.1 Å². The van der Waals surface area contributed by atoms with Gasteiger partial charge in [-0.05, 0) is 25.8 Å². The molecule has 0 amide bonds. The Hall–Kier alpha value is -1.29. The van der Waals surface area contributed by atoms with Crippen LogP contribution in [0.2, 0.25) is 5.15 Å². The van der Waals surface area contributed by atoms with E-state index in [1.807, 2.05) is 0 Å². The van der Waals surface area contributed by atoms with Crippen LogP contribution in [0.25, 0.3) is 0 Å². The van der Waals surface area contributed by atoms with Crippen LogP contribution in [0, 0.1) is 0 Å². The molecule has 19 heavy (non-hydrogen) atoms. The maximum absolute atomic E-state index is 11.9. The number of rotatable bonds is 4. The van der Waals surface area contributed by atoms with E-state index in [4.69, 9.17) is 16.3 Å². The van der Waals surface area contributed by atoms with E-state index in [2.05, 4.69) is 10.3 Å². The van der Waals surface area contributed by atoms with E-state index in [1.54, 1.807) is 13.0 Å². The van der Waals surface area contributed by atoms with Gasteiger partial charge >= 0.3 is 5.97 Å². The van der Waals surface area contributed by atoms with Gasteiger partial charge in [0.05, 0.1) is 12.3 Å². The van der Waals surface area contributed by atoms with Crippen molar-refractivity contribution in [3.8, 4) is 0 Å². The van der Waals surface area contributed by atoms with Crippen LogP contribution >= 0.6 is 11.6 Å². The Morgan fingerprint density at radius 2 is 2.21 bits per heavy atom. The number of anilines is 1. The van der Waals surface area contributed by atoms with Crippen LogP contribution in [-0.2, 0) is 4.74 Å². The van der Waals surface area contributed by atoms with Gasteiger partial charge < -0.3 is 10.1 Å². The molecule has 1 heterocycles.